The number of hydrogen-bond acceptors (Lipinski definition) is 4. The molecule has 6 heteroatoms. The van der Waals surface area contributed by atoms with Crippen LogP contribution in [0.5, 0.6) is 0 Å². The minimum absolute atomic E-state index is 0. The molecule has 0 aliphatic carbocycles. The minimum atomic E-state index is -0.892. The van der Waals surface area contributed by atoms with Crippen molar-refractivity contribution in [2.45, 2.75) is 71.6 Å². The lowest BCUT2D eigenvalue weighted by molar-refractivity contribution is -0.183. The van der Waals surface area contributed by atoms with Gasteiger partial charge in [0.1, 0.15) is 5.76 Å². The van der Waals surface area contributed by atoms with Gasteiger partial charge in [-0.2, -0.15) is 0 Å². The van der Waals surface area contributed by atoms with Crippen LogP contribution >= 0.6 is 0 Å². The Balaban J connectivity index is 0. The third-order valence-electron chi connectivity index (χ3n) is 2.76. The Morgan fingerprint density at radius 1 is 1.05 bits per heavy atom. The summed E-state index contributed by atoms with van der Waals surface area (Å²) in [5, 5.41) is 0. The zero-order valence-corrected chi connectivity index (χ0v) is 13.9. The highest BCUT2D eigenvalue weighted by Crippen LogP contribution is 2.08. The van der Waals surface area contributed by atoms with E-state index in [1.54, 1.807) is 0 Å². The van der Waals surface area contributed by atoms with Crippen molar-refractivity contribution in [2.75, 3.05) is 0 Å². The standard InChI is InChI=1S/C10H20O2.C4H8O2.Al.H2O/c1-2-3-4-5-6-7-8-9-10(11)12;1-3-4(2)6-5;;/h2-9H2,1H3,(H,11,12);5H,2-3H2,1H3;;1H2/q;;+2;/p-2. The highest BCUT2D eigenvalue weighted by atomic mass is 27.2. The quantitative estimate of drug-likeness (QED) is 0.172. The summed E-state index contributed by atoms with van der Waals surface area (Å²) < 4.78 is 9.71. The molecule has 0 saturated carbocycles. The smallest absolute Gasteiger partial charge is 0.598 e. The van der Waals surface area contributed by atoms with Gasteiger partial charge in [0.2, 0.25) is 0 Å². The summed E-state index contributed by atoms with van der Waals surface area (Å²) in [6.45, 7) is 7.73. The molecule has 0 saturated heterocycles. The van der Waals surface area contributed by atoms with Crippen LogP contribution in [0.1, 0.15) is 71.6 Å². The molecule has 0 spiro atoms. The third-order valence-corrected chi connectivity index (χ3v) is 3.30. The van der Waals surface area contributed by atoms with Crippen molar-refractivity contribution >= 4 is 21.9 Å². The van der Waals surface area contributed by atoms with Gasteiger partial charge in [-0.05, 0) is 6.42 Å². The fourth-order valence-electron chi connectivity index (χ4n) is 1.51. The number of rotatable bonds is 13. The van der Waals surface area contributed by atoms with E-state index in [0.29, 0.717) is 18.6 Å². The van der Waals surface area contributed by atoms with E-state index in [1.165, 1.54) is 32.1 Å². The molecule has 2 N–H and O–H groups in total. The summed E-state index contributed by atoms with van der Waals surface area (Å²) in [5.74, 6) is 0.338. The van der Waals surface area contributed by atoms with Gasteiger partial charge >= 0.3 is 15.9 Å². The molecule has 0 bridgehead atoms. The second kappa shape index (κ2) is 16.5. The zero-order chi connectivity index (χ0) is 14.3. The molecule has 0 heterocycles. The molecule has 5 nitrogen and oxygen atoms in total. The normalized spacial score (nSPS) is 9.50. The van der Waals surface area contributed by atoms with E-state index in [9.17, 15) is 4.79 Å². The lowest BCUT2D eigenvalue weighted by Crippen LogP contribution is -2.11. The number of hydrogen-bond donors (Lipinski definition) is 0. The Bertz CT molecular complexity index is 246. The first kappa shape index (κ1) is 21.8. The van der Waals surface area contributed by atoms with E-state index < -0.39 is 15.9 Å². The van der Waals surface area contributed by atoms with E-state index in [1.807, 2.05) is 6.92 Å². The molecule has 1 radical (unpaired) electrons. The monoisotopic (exact) mass is 303 g/mol. The molecule has 0 unspecified atom stereocenters. The topological polar surface area (TPSA) is 76.3 Å². The number of carbonyl (C=O) groups excluding carboxylic acids is 1. The summed E-state index contributed by atoms with van der Waals surface area (Å²) in [5.41, 5.74) is 0. The van der Waals surface area contributed by atoms with Crippen molar-refractivity contribution in [2.24, 2.45) is 0 Å². The van der Waals surface area contributed by atoms with Crippen molar-refractivity contribution in [3.8, 4) is 0 Å². The highest BCUT2D eigenvalue weighted by Gasteiger charge is 2.09. The van der Waals surface area contributed by atoms with Crippen molar-refractivity contribution in [1.82, 2.24) is 0 Å². The molecule has 0 aliphatic heterocycles. The van der Waals surface area contributed by atoms with Crippen LogP contribution in [-0.4, -0.2) is 27.3 Å². The van der Waals surface area contributed by atoms with Crippen LogP contribution < -0.4 is 0 Å². The predicted molar refractivity (Wildman–Crippen MR) is 79.7 cm³/mol. The maximum atomic E-state index is 11.3. The van der Waals surface area contributed by atoms with Gasteiger partial charge in [0.25, 0.3) is 5.97 Å². The predicted octanol–water partition coefficient (Wildman–Crippen LogP) is 3.25. The molecule has 20 heavy (non-hydrogen) atoms. The van der Waals surface area contributed by atoms with Crippen LogP contribution in [0.15, 0.2) is 12.3 Å². The van der Waals surface area contributed by atoms with E-state index >= 15 is 0 Å². The van der Waals surface area contributed by atoms with Crippen molar-refractivity contribution in [3.05, 3.63) is 12.3 Å². The summed E-state index contributed by atoms with van der Waals surface area (Å²) in [6.07, 6.45) is 9.50. The molecule has 0 aromatic rings. The molecular weight excluding hydrogens is 275 g/mol. The van der Waals surface area contributed by atoms with Gasteiger partial charge in [-0.3, -0.25) is 8.73 Å². The Labute approximate surface area is 129 Å². The van der Waals surface area contributed by atoms with E-state index in [0.717, 1.165) is 12.8 Å². The largest absolute Gasteiger partial charge is 0.820 e. The third kappa shape index (κ3) is 15.5. The van der Waals surface area contributed by atoms with Crippen molar-refractivity contribution < 1.29 is 22.9 Å². The molecule has 0 aromatic heterocycles. The lowest BCUT2D eigenvalue weighted by Gasteiger charge is -2.06. The first-order valence-electron chi connectivity index (χ1n) is 7.23. The van der Waals surface area contributed by atoms with Crippen LogP contribution in [0.4, 0.5) is 0 Å². The van der Waals surface area contributed by atoms with E-state index in [4.69, 9.17) is 12.6 Å². The van der Waals surface area contributed by atoms with E-state index in [-0.39, 0.29) is 11.4 Å². The summed E-state index contributed by atoms with van der Waals surface area (Å²) in [7, 11) is 0. The number of carbonyl (C=O) groups is 1. The number of allylic oxidation sites excluding steroid dienone is 1. The average molecular weight is 303 g/mol. The molecule has 0 amide bonds. The van der Waals surface area contributed by atoms with Crippen molar-refractivity contribution in [3.63, 3.8) is 0 Å². The second-order valence-electron chi connectivity index (χ2n) is 4.53. The van der Waals surface area contributed by atoms with Gasteiger partial charge < -0.3 is 14.2 Å². The first-order valence-corrected chi connectivity index (χ1v) is 8.17. The van der Waals surface area contributed by atoms with Gasteiger partial charge in [0, 0.05) is 12.8 Å². The Hall–Kier alpha value is -0.538. The molecule has 117 valence electrons. The average Bonchev–Trinajstić information content (AvgIpc) is 2.42. The van der Waals surface area contributed by atoms with Gasteiger partial charge in [0.05, 0.1) is 0 Å². The minimum Gasteiger partial charge on any atom is -0.598 e. The lowest BCUT2D eigenvalue weighted by atomic mass is 10.1. The van der Waals surface area contributed by atoms with Gasteiger partial charge in [-0.1, -0.05) is 59.0 Å². The van der Waals surface area contributed by atoms with Crippen LogP contribution in [-0.2, 0) is 17.4 Å². The maximum Gasteiger partial charge on any atom is 0.820 e. The van der Waals surface area contributed by atoms with Gasteiger partial charge in [-0.25, -0.2) is 0 Å². The van der Waals surface area contributed by atoms with Crippen molar-refractivity contribution in [1.29, 1.82) is 0 Å². The SMILES string of the molecule is C=C(CC)O[O][Al][O]C(=O)CCCCCCCCC.O. The summed E-state index contributed by atoms with van der Waals surface area (Å²) >= 11 is -0.892. The maximum absolute atomic E-state index is 11.3. The van der Waals surface area contributed by atoms with Crippen LogP contribution in [0, 0.1) is 0 Å². The fraction of sp³-hybridized carbons (Fsp3) is 0.786. The molecule has 0 rings (SSSR count). The Morgan fingerprint density at radius 3 is 2.25 bits per heavy atom. The van der Waals surface area contributed by atoms with Crippen LogP contribution in [0.3, 0.4) is 0 Å². The molecule has 0 aromatic carbocycles. The Kier molecular flexibility index (Phi) is 18.0. The van der Waals surface area contributed by atoms with Crippen LogP contribution in [0.25, 0.3) is 0 Å². The molecule has 0 aliphatic rings. The fourth-order valence-corrected chi connectivity index (χ4v) is 1.95. The molecule has 0 atom stereocenters. The Morgan fingerprint density at radius 2 is 1.65 bits per heavy atom. The van der Waals surface area contributed by atoms with Gasteiger partial charge in [0.15, 0.2) is 0 Å². The van der Waals surface area contributed by atoms with E-state index in [2.05, 4.69) is 13.5 Å². The summed E-state index contributed by atoms with van der Waals surface area (Å²) in [6, 6.07) is 0. The first-order chi connectivity index (χ1) is 9.20. The molecule has 0 fully saturated rings. The highest BCUT2D eigenvalue weighted by molar-refractivity contribution is 6.21. The number of unbranched alkanes of at least 4 members (excludes halogenated alkanes) is 6. The van der Waals surface area contributed by atoms with Crippen LogP contribution in [0.2, 0.25) is 0 Å². The summed E-state index contributed by atoms with van der Waals surface area (Å²) in [4.78, 5) is 16.1. The van der Waals surface area contributed by atoms with Gasteiger partial charge in [-0.15, -0.1) is 0 Å². The zero-order valence-electron chi connectivity index (χ0n) is 12.8. The molecular formula is C14H28AlO5. The second-order valence-corrected chi connectivity index (χ2v) is 5.15.